The molecule has 0 fully saturated rings. The standard InChI is InChI=1S/C38H66O10/c1-3-5-7-9-10-17-23-29-45-34(41)24-20-14-15-21-27-37(44)48-33-38(30-40,31-46-35(42)25-18-12-8-6-4-2)32-47-36(43)26-19-13-11-16-22-28-39/h10,17,28,40H,3-9,11-16,18-27,29-33H2,1-2H3/b17-10-. The lowest BCUT2D eigenvalue weighted by Crippen LogP contribution is -2.42. The Morgan fingerprint density at radius 3 is 1.31 bits per heavy atom. The van der Waals surface area contributed by atoms with Crippen LogP contribution < -0.4 is 0 Å². The van der Waals surface area contributed by atoms with Crippen molar-refractivity contribution in [2.45, 2.75) is 162 Å². The molecule has 10 nitrogen and oxygen atoms in total. The minimum atomic E-state index is -1.27. The number of ether oxygens (including phenoxy) is 4. The van der Waals surface area contributed by atoms with Crippen LogP contribution in [0.1, 0.15) is 162 Å². The zero-order valence-corrected chi connectivity index (χ0v) is 30.2. The molecule has 0 aliphatic carbocycles. The largest absolute Gasteiger partial charge is 0.465 e. The van der Waals surface area contributed by atoms with Gasteiger partial charge in [0.05, 0.1) is 18.6 Å². The Hall–Kier alpha value is -2.75. The van der Waals surface area contributed by atoms with Crippen molar-refractivity contribution in [3.8, 4) is 0 Å². The molecule has 1 unspecified atom stereocenters. The lowest BCUT2D eigenvalue weighted by molar-refractivity contribution is -0.165. The summed E-state index contributed by atoms with van der Waals surface area (Å²) in [6.45, 7) is 3.43. The lowest BCUT2D eigenvalue weighted by atomic mass is 9.92. The molecule has 0 aliphatic heterocycles. The topological polar surface area (TPSA) is 143 Å². The van der Waals surface area contributed by atoms with Crippen molar-refractivity contribution >= 4 is 30.2 Å². The summed E-state index contributed by atoms with van der Waals surface area (Å²) in [5, 5.41) is 10.3. The molecule has 0 aromatic carbocycles. The Labute approximate surface area is 290 Å². The maximum Gasteiger partial charge on any atom is 0.305 e. The minimum absolute atomic E-state index is 0.165. The van der Waals surface area contributed by atoms with E-state index in [9.17, 15) is 29.1 Å². The molecular formula is C38H66O10. The van der Waals surface area contributed by atoms with Gasteiger partial charge in [-0.2, -0.15) is 0 Å². The first-order valence-electron chi connectivity index (χ1n) is 18.6. The predicted molar refractivity (Wildman–Crippen MR) is 186 cm³/mol. The molecule has 0 aromatic heterocycles. The van der Waals surface area contributed by atoms with Crippen LogP contribution in [0.15, 0.2) is 12.2 Å². The van der Waals surface area contributed by atoms with Gasteiger partial charge in [0.25, 0.3) is 0 Å². The molecule has 0 amide bonds. The van der Waals surface area contributed by atoms with Crippen molar-refractivity contribution in [1.82, 2.24) is 0 Å². The van der Waals surface area contributed by atoms with Gasteiger partial charge in [-0.1, -0.05) is 90.2 Å². The molecule has 0 rings (SSSR count). The normalized spacial score (nSPS) is 12.4. The first kappa shape index (κ1) is 45.2. The summed E-state index contributed by atoms with van der Waals surface area (Å²) in [5.41, 5.74) is -1.27. The van der Waals surface area contributed by atoms with Crippen molar-refractivity contribution in [2.24, 2.45) is 5.41 Å². The summed E-state index contributed by atoms with van der Waals surface area (Å²) in [4.78, 5) is 59.7. The van der Waals surface area contributed by atoms with Crippen LogP contribution in [0.4, 0.5) is 0 Å². The third-order valence-corrected chi connectivity index (χ3v) is 8.09. The average molecular weight is 683 g/mol. The molecule has 1 atom stereocenters. The number of allylic oxidation sites excluding steroid dienone is 1. The number of carbonyl (C=O) groups is 5. The number of rotatable bonds is 34. The van der Waals surface area contributed by atoms with Gasteiger partial charge >= 0.3 is 23.9 Å². The van der Waals surface area contributed by atoms with Crippen LogP contribution in [0.2, 0.25) is 0 Å². The van der Waals surface area contributed by atoms with Gasteiger partial charge in [0.15, 0.2) is 0 Å². The van der Waals surface area contributed by atoms with E-state index in [1.807, 2.05) is 0 Å². The second kappa shape index (κ2) is 32.8. The van der Waals surface area contributed by atoms with Gasteiger partial charge in [-0.3, -0.25) is 19.2 Å². The molecule has 0 spiro atoms. The number of aliphatic hydroxyl groups is 1. The third kappa shape index (κ3) is 28.3. The van der Waals surface area contributed by atoms with Crippen molar-refractivity contribution < 1.29 is 48.0 Å². The SMILES string of the molecule is CCCCC/C=C\CCOC(=O)CCCCCCC(=O)OCC(CO)(COC(=O)CCCCCCC)COC(=O)CCCCCCC=O. The van der Waals surface area contributed by atoms with E-state index in [-0.39, 0.29) is 45.1 Å². The number of carbonyl (C=O) groups excluding carboxylic acids is 5. The Bertz CT molecular complexity index is 872. The molecule has 278 valence electrons. The Morgan fingerprint density at radius 2 is 0.875 bits per heavy atom. The van der Waals surface area contributed by atoms with Crippen LogP contribution in [-0.4, -0.2) is 68.3 Å². The smallest absolute Gasteiger partial charge is 0.305 e. The van der Waals surface area contributed by atoms with Gasteiger partial charge in [0.2, 0.25) is 0 Å². The van der Waals surface area contributed by atoms with Crippen LogP contribution in [-0.2, 0) is 42.9 Å². The summed E-state index contributed by atoms with van der Waals surface area (Å²) < 4.78 is 21.6. The number of aldehydes is 1. The summed E-state index contributed by atoms with van der Waals surface area (Å²) in [5.74, 6) is -1.52. The van der Waals surface area contributed by atoms with E-state index in [2.05, 4.69) is 26.0 Å². The molecule has 1 N–H and O–H groups in total. The average Bonchev–Trinajstić information content (AvgIpc) is 3.08. The van der Waals surface area contributed by atoms with E-state index in [0.29, 0.717) is 45.1 Å². The summed E-state index contributed by atoms with van der Waals surface area (Å²) in [6.07, 6.45) is 22.7. The fourth-order valence-electron chi connectivity index (χ4n) is 4.86. The first-order valence-corrected chi connectivity index (χ1v) is 18.6. The van der Waals surface area contributed by atoms with Crippen LogP contribution >= 0.6 is 0 Å². The second-order valence-corrected chi connectivity index (χ2v) is 12.8. The summed E-state index contributed by atoms with van der Waals surface area (Å²) in [7, 11) is 0. The molecular weight excluding hydrogens is 616 g/mol. The zero-order valence-electron chi connectivity index (χ0n) is 30.2. The Morgan fingerprint density at radius 1 is 0.500 bits per heavy atom. The fourth-order valence-corrected chi connectivity index (χ4v) is 4.86. The number of hydrogen-bond donors (Lipinski definition) is 1. The van der Waals surface area contributed by atoms with Gasteiger partial charge in [0, 0.05) is 32.1 Å². The Kier molecular flexibility index (Phi) is 30.9. The second-order valence-electron chi connectivity index (χ2n) is 12.8. The fraction of sp³-hybridized carbons (Fsp3) is 0.816. The highest BCUT2D eigenvalue weighted by molar-refractivity contribution is 5.70. The molecule has 0 heterocycles. The molecule has 0 aliphatic rings. The summed E-state index contributed by atoms with van der Waals surface area (Å²) in [6, 6.07) is 0. The quantitative estimate of drug-likeness (QED) is 0.0234. The van der Waals surface area contributed by atoms with Crippen LogP contribution in [0.3, 0.4) is 0 Å². The van der Waals surface area contributed by atoms with E-state index in [1.54, 1.807) is 0 Å². The summed E-state index contributed by atoms with van der Waals surface area (Å²) >= 11 is 0. The number of hydrogen-bond acceptors (Lipinski definition) is 10. The van der Waals surface area contributed by atoms with Crippen LogP contribution in [0.25, 0.3) is 0 Å². The first-order chi connectivity index (χ1) is 23.3. The third-order valence-electron chi connectivity index (χ3n) is 8.09. The highest BCUT2D eigenvalue weighted by Gasteiger charge is 2.35. The molecule has 10 heteroatoms. The van der Waals surface area contributed by atoms with Crippen LogP contribution in [0.5, 0.6) is 0 Å². The maximum atomic E-state index is 12.5. The predicted octanol–water partition coefficient (Wildman–Crippen LogP) is 7.91. The highest BCUT2D eigenvalue weighted by Crippen LogP contribution is 2.21. The maximum absolute atomic E-state index is 12.5. The molecule has 0 radical (unpaired) electrons. The van der Waals surface area contributed by atoms with Crippen molar-refractivity contribution in [1.29, 1.82) is 0 Å². The zero-order chi connectivity index (χ0) is 35.6. The van der Waals surface area contributed by atoms with Crippen molar-refractivity contribution in [3.63, 3.8) is 0 Å². The molecule has 0 saturated carbocycles. The van der Waals surface area contributed by atoms with Gasteiger partial charge in [0.1, 0.15) is 26.1 Å². The van der Waals surface area contributed by atoms with E-state index < -0.39 is 29.9 Å². The van der Waals surface area contributed by atoms with Gasteiger partial charge < -0.3 is 28.8 Å². The number of unbranched alkanes of at least 4 members (excludes halogenated alkanes) is 14. The van der Waals surface area contributed by atoms with Crippen molar-refractivity contribution in [2.75, 3.05) is 33.0 Å². The molecule has 0 saturated heterocycles. The van der Waals surface area contributed by atoms with Gasteiger partial charge in [-0.25, -0.2) is 0 Å². The minimum Gasteiger partial charge on any atom is -0.465 e. The number of aliphatic hydroxyl groups excluding tert-OH is 1. The monoisotopic (exact) mass is 682 g/mol. The van der Waals surface area contributed by atoms with Gasteiger partial charge in [-0.05, 0) is 51.4 Å². The Balaban J connectivity index is 4.56. The van der Waals surface area contributed by atoms with Crippen LogP contribution in [0, 0.1) is 5.41 Å². The highest BCUT2D eigenvalue weighted by atomic mass is 16.6. The van der Waals surface area contributed by atoms with E-state index in [0.717, 1.165) is 76.9 Å². The lowest BCUT2D eigenvalue weighted by Gasteiger charge is -2.30. The van der Waals surface area contributed by atoms with Gasteiger partial charge in [-0.15, -0.1) is 0 Å². The molecule has 48 heavy (non-hydrogen) atoms. The van der Waals surface area contributed by atoms with E-state index in [1.165, 1.54) is 19.3 Å². The molecule has 0 bridgehead atoms. The molecule has 0 aromatic rings. The number of esters is 4. The van der Waals surface area contributed by atoms with E-state index >= 15 is 0 Å². The van der Waals surface area contributed by atoms with E-state index in [4.69, 9.17) is 18.9 Å². The van der Waals surface area contributed by atoms with Crippen molar-refractivity contribution in [3.05, 3.63) is 12.2 Å².